The van der Waals surface area contributed by atoms with Gasteiger partial charge in [0, 0.05) is 36.2 Å². The fraction of sp³-hybridized carbons (Fsp3) is 0.452. The first-order valence-electron chi connectivity index (χ1n) is 13.6. The predicted molar refractivity (Wildman–Crippen MR) is 155 cm³/mol. The Bertz CT molecular complexity index is 1360. The number of aliphatic hydroxyl groups is 1. The highest BCUT2D eigenvalue weighted by Gasteiger charge is 2.47. The summed E-state index contributed by atoms with van der Waals surface area (Å²) < 4.78 is 11.9. The van der Waals surface area contributed by atoms with Crippen LogP contribution in [0.5, 0.6) is 0 Å². The Kier molecular flexibility index (Phi) is 10.5. The Morgan fingerprint density at radius 2 is 1.43 bits per heavy atom. The Hall–Kier alpha value is -3.77. The molecule has 2 aromatic carbocycles. The number of hydrogen-bond acceptors (Lipinski definition) is 7. The smallest absolute Gasteiger partial charge is 0.336 e. The van der Waals surface area contributed by atoms with Crippen LogP contribution >= 0.6 is 0 Å². The van der Waals surface area contributed by atoms with Crippen LogP contribution in [0.4, 0.5) is 0 Å². The summed E-state index contributed by atoms with van der Waals surface area (Å²) in [5, 5.41) is 35.0. The number of carboxylic acids is 3. The Morgan fingerprint density at radius 1 is 0.881 bits per heavy atom. The third kappa shape index (κ3) is 6.81. The van der Waals surface area contributed by atoms with Gasteiger partial charge in [-0.25, -0.2) is 4.79 Å². The van der Waals surface area contributed by atoms with E-state index in [4.69, 9.17) is 29.9 Å². The Morgan fingerprint density at radius 3 is 1.90 bits per heavy atom. The largest absolute Gasteiger partial charge is 0.481 e. The second-order valence-corrected chi connectivity index (χ2v) is 10.9. The van der Waals surface area contributed by atoms with E-state index in [1.807, 2.05) is 7.11 Å². The van der Waals surface area contributed by atoms with Crippen molar-refractivity contribution in [3.63, 3.8) is 0 Å². The summed E-state index contributed by atoms with van der Waals surface area (Å²) in [6.45, 7) is 0.585. The topological polar surface area (TPSA) is 170 Å². The molecule has 1 aromatic heterocycles. The van der Waals surface area contributed by atoms with E-state index >= 15 is 0 Å². The third-order valence-electron chi connectivity index (χ3n) is 8.29. The van der Waals surface area contributed by atoms with Crippen molar-refractivity contribution in [1.29, 1.82) is 0 Å². The number of nitrogens with one attached hydrogen (secondary N) is 1. The zero-order valence-electron chi connectivity index (χ0n) is 24.4. The number of carbonyl (C=O) groups is 3. The lowest BCUT2D eigenvalue weighted by molar-refractivity contribution is -0.170. The number of para-hydroxylation sites is 1. The second-order valence-electron chi connectivity index (χ2n) is 10.9. The first-order chi connectivity index (χ1) is 19.8. The van der Waals surface area contributed by atoms with Gasteiger partial charge in [0.1, 0.15) is 5.60 Å². The zero-order valence-corrected chi connectivity index (χ0v) is 24.4. The molecule has 1 aliphatic rings. The van der Waals surface area contributed by atoms with Crippen LogP contribution in [-0.4, -0.2) is 82.1 Å². The van der Waals surface area contributed by atoms with Crippen molar-refractivity contribution in [2.24, 2.45) is 0 Å². The molecule has 5 N–H and O–H groups in total. The van der Waals surface area contributed by atoms with Gasteiger partial charge in [-0.05, 0) is 51.4 Å². The number of carboxylic acid groups (broad SMARTS) is 3. The molecular formula is C31H40N2O9. The van der Waals surface area contributed by atoms with Crippen LogP contribution in [0.25, 0.3) is 10.9 Å². The molecule has 1 fully saturated rings. The SMILES string of the molecule is COCc1c(C2(OC)CCC(c3ccccc3)(N(C)C)CC2)[nH]c2ccccc12.O=C(O)CC(O)(CC(=O)O)C(=O)O. The number of H-pyrrole nitrogens is 1. The average molecular weight is 585 g/mol. The summed E-state index contributed by atoms with van der Waals surface area (Å²) in [4.78, 5) is 36.6. The van der Waals surface area contributed by atoms with Gasteiger partial charge in [-0.15, -0.1) is 0 Å². The lowest BCUT2D eigenvalue weighted by Crippen LogP contribution is -2.48. The molecule has 11 heteroatoms. The molecule has 4 rings (SSSR count). The van der Waals surface area contributed by atoms with Crippen LogP contribution in [0.3, 0.4) is 0 Å². The lowest BCUT2D eigenvalue weighted by Gasteiger charge is -2.49. The summed E-state index contributed by atoms with van der Waals surface area (Å²) in [6.07, 6.45) is 1.71. The second kappa shape index (κ2) is 13.5. The molecule has 42 heavy (non-hydrogen) atoms. The van der Waals surface area contributed by atoms with Crippen molar-refractivity contribution in [1.82, 2.24) is 9.88 Å². The molecule has 0 saturated heterocycles. The quantitative estimate of drug-likeness (QED) is 0.222. The normalized spacial score (nSPS) is 20.6. The molecule has 1 saturated carbocycles. The van der Waals surface area contributed by atoms with E-state index in [2.05, 4.69) is 78.6 Å². The fourth-order valence-electron chi connectivity index (χ4n) is 5.96. The van der Waals surface area contributed by atoms with Gasteiger partial charge in [-0.1, -0.05) is 48.5 Å². The van der Waals surface area contributed by atoms with Gasteiger partial charge in [-0.2, -0.15) is 0 Å². The number of benzene rings is 2. The van der Waals surface area contributed by atoms with E-state index in [0.717, 1.165) is 31.2 Å². The number of aromatic amines is 1. The van der Waals surface area contributed by atoms with Crippen LogP contribution in [-0.2, 0) is 41.6 Å². The molecule has 3 aromatic rings. The van der Waals surface area contributed by atoms with E-state index in [1.165, 1.54) is 22.2 Å². The number of aliphatic carboxylic acids is 3. The monoisotopic (exact) mass is 584 g/mol. The van der Waals surface area contributed by atoms with Crippen LogP contribution < -0.4 is 0 Å². The van der Waals surface area contributed by atoms with Gasteiger partial charge in [-0.3, -0.25) is 14.5 Å². The molecule has 0 unspecified atom stereocenters. The minimum Gasteiger partial charge on any atom is -0.481 e. The molecule has 0 bridgehead atoms. The highest BCUT2D eigenvalue weighted by atomic mass is 16.5. The van der Waals surface area contributed by atoms with Crippen LogP contribution in [0.2, 0.25) is 0 Å². The van der Waals surface area contributed by atoms with Crippen LogP contribution in [0.15, 0.2) is 54.6 Å². The molecule has 0 atom stereocenters. The van der Waals surface area contributed by atoms with Gasteiger partial charge >= 0.3 is 17.9 Å². The number of rotatable bonds is 11. The summed E-state index contributed by atoms with van der Waals surface area (Å²) in [7, 11) is 8.02. The van der Waals surface area contributed by atoms with E-state index in [-0.39, 0.29) is 11.1 Å². The minimum absolute atomic E-state index is 0.0384. The van der Waals surface area contributed by atoms with E-state index < -0.39 is 36.4 Å². The van der Waals surface area contributed by atoms with Crippen molar-refractivity contribution in [3.8, 4) is 0 Å². The lowest BCUT2D eigenvalue weighted by atomic mass is 9.68. The van der Waals surface area contributed by atoms with Crippen LogP contribution in [0, 0.1) is 0 Å². The summed E-state index contributed by atoms with van der Waals surface area (Å²) >= 11 is 0. The van der Waals surface area contributed by atoms with Gasteiger partial charge in [0.25, 0.3) is 0 Å². The number of ether oxygens (including phenoxy) is 2. The van der Waals surface area contributed by atoms with Crippen molar-refractivity contribution >= 4 is 28.8 Å². The number of fused-ring (bicyclic) bond motifs is 1. The average Bonchev–Trinajstić information content (AvgIpc) is 3.32. The van der Waals surface area contributed by atoms with Gasteiger partial charge in [0.05, 0.1) is 25.1 Å². The van der Waals surface area contributed by atoms with Gasteiger partial charge < -0.3 is 34.9 Å². The van der Waals surface area contributed by atoms with E-state index in [1.54, 1.807) is 7.11 Å². The van der Waals surface area contributed by atoms with E-state index in [0.29, 0.717) is 6.61 Å². The molecule has 1 aliphatic carbocycles. The van der Waals surface area contributed by atoms with E-state index in [9.17, 15) is 14.4 Å². The first kappa shape index (κ1) is 32.7. The molecular weight excluding hydrogens is 544 g/mol. The minimum atomic E-state index is -2.74. The highest BCUT2D eigenvalue weighted by Crippen LogP contribution is 2.50. The third-order valence-corrected chi connectivity index (χ3v) is 8.29. The maximum atomic E-state index is 10.3. The van der Waals surface area contributed by atoms with Crippen molar-refractivity contribution in [3.05, 3.63) is 71.4 Å². The molecule has 228 valence electrons. The number of aromatic nitrogens is 1. The molecule has 0 spiro atoms. The summed E-state index contributed by atoms with van der Waals surface area (Å²) in [5.41, 5.74) is 1.93. The zero-order chi connectivity index (χ0) is 31.1. The Labute approximate surface area is 244 Å². The number of nitrogens with zero attached hydrogens (tertiary/aromatic N) is 1. The highest BCUT2D eigenvalue weighted by molar-refractivity contribution is 5.88. The van der Waals surface area contributed by atoms with Crippen molar-refractivity contribution in [2.45, 2.75) is 61.9 Å². The molecule has 1 heterocycles. The summed E-state index contributed by atoms with van der Waals surface area (Å²) in [6, 6.07) is 19.4. The first-order valence-corrected chi connectivity index (χ1v) is 13.6. The molecule has 11 nitrogen and oxygen atoms in total. The number of methoxy groups -OCH3 is 2. The summed E-state index contributed by atoms with van der Waals surface area (Å²) in [5.74, 6) is -5.02. The van der Waals surface area contributed by atoms with Crippen molar-refractivity contribution < 1.29 is 44.3 Å². The maximum Gasteiger partial charge on any atom is 0.336 e. The standard InChI is InChI=1S/C25H32N2O2.C6H8O7/c1-27(2)24(19-10-6-5-7-11-19)14-16-25(29-4,17-15-24)23-21(18-28-3)20-12-8-9-13-22(20)26-23;7-3(8)1-6(13,5(11)12)2-4(9)10/h5-13,26H,14-18H2,1-4H3;13H,1-2H2,(H,7,8)(H,9,10)(H,11,12). The molecule has 0 aliphatic heterocycles. The fourth-order valence-corrected chi connectivity index (χ4v) is 5.96. The van der Waals surface area contributed by atoms with Crippen LogP contribution in [0.1, 0.15) is 55.3 Å². The predicted octanol–water partition coefficient (Wildman–Crippen LogP) is 3.94. The molecule has 0 amide bonds. The Balaban J connectivity index is 0.000000316. The van der Waals surface area contributed by atoms with Gasteiger partial charge in [0.15, 0.2) is 5.60 Å². The molecule has 0 radical (unpaired) electrons. The van der Waals surface area contributed by atoms with Gasteiger partial charge in [0.2, 0.25) is 0 Å². The van der Waals surface area contributed by atoms with Crippen molar-refractivity contribution in [2.75, 3.05) is 28.3 Å². The maximum absolute atomic E-state index is 10.3. The number of hydrogen-bond donors (Lipinski definition) is 5.